The van der Waals surface area contributed by atoms with E-state index in [0.29, 0.717) is 38.0 Å². The van der Waals surface area contributed by atoms with E-state index >= 15 is 0 Å². The zero-order chi connectivity index (χ0) is 22.2. The van der Waals surface area contributed by atoms with Crippen LogP contribution in [0.4, 0.5) is 11.4 Å². The second kappa shape index (κ2) is 8.18. The molecule has 3 heterocycles. The summed E-state index contributed by atoms with van der Waals surface area (Å²) in [4.78, 5) is 20.2. The lowest BCUT2D eigenvalue weighted by Crippen LogP contribution is -2.34. The lowest BCUT2D eigenvalue weighted by atomic mass is 10.1. The second-order valence-corrected chi connectivity index (χ2v) is 8.50. The molecule has 6 nitrogen and oxygen atoms in total. The van der Waals surface area contributed by atoms with Gasteiger partial charge in [-0.15, -0.1) is 0 Å². The van der Waals surface area contributed by atoms with Crippen molar-refractivity contribution < 1.29 is 0 Å². The number of nitriles is 1. The Kier molecular flexibility index (Phi) is 5.20. The van der Waals surface area contributed by atoms with Gasteiger partial charge in [0.15, 0.2) is 5.65 Å². The van der Waals surface area contributed by atoms with Crippen molar-refractivity contribution in [2.24, 2.45) is 0 Å². The number of nitrogens with zero attached hydrogens (tertiary/aromatic N) is 4. The number of halogens is 1. The first-order valence-electron chi connectivity index (χ1n) is 10.7. The van der Waals surface area contributed by atoms with E-state index in [2.05, 4.69) is 21.3 Å². The van der Waals surface area contributed by atoms with Crippen molar-refractivity contribution in [3.63, 3.8) is 0 Å². The molecule has 0 saturated carbocycles. The minimum atomic E-state index is -0.214. The number of imidazole rings is 1. The molecule has 4 aromatic rings. The number of piperidine rings is 1. The van der Waals surface area contributed by atoms with Crippen LogP contribution in [0.15, 0.2) is 47.3 Å². The van der Waals surface area contributed by atoms with Gasteiger partial charge in [-0.25, -0.2) is 4.98 Å². The standard InChI is InChI=1S/C25H22ClN5O/c1-16-18(14-27)24-29-21-7-3-4-8-23(21)31(24)25(32)19(16)15-28-17-9-10-22(20(26)13-17)30-11-5-2-6-12-30/h3-4,7-10,13,15,28H,2,5-6,11-12H2,1H3. The van der Waals surface area contributed by atoms with Crippen molar-refractivity contribution in [2.75, 3.05) is 23.3 Å². The number of hydrogen-bond acceptors (Lipinski definition) is 5. The number of aromatic nitrogens is 2. The van der Waals surface area contributed by atoms with Gasteiger partial charge < -0.3 is 10.2 Å². The Labute approximate surface area is 190 Å². The molecule has 0 spiro atoms. The fourth-order valence-corrected chi connectivity index (χ4v) is 4.73. The van der Waals surface area contributed by atoms with E-state index in [4.69, 9.17) is 11.6 Å². The summed E-state index contributed by atoms with van der Waals surface area (Å²) >= 11 is 6.57. The molecule has 0 bridgehead atoms. The van der Waals surface area contributed by atoms with Crippen molar-refractivity contribution >= 4 is 45.9 Å². The molecular formula is C25H22ClN5O. The summed E-state index contributed by atoms with van der Waals surface area (Å²) in [5, 5.41) is 14.1. The molecule has 160 valence electrons. The van der Waals surface area contributed by atoms with Crippen molar-refractivity contribution in [3.8, 4) is 6.07 Å². The molecule has 2 aromatic heterocycles. The first-order chi connectivity index (χ1) is 15.6. The minimum Gasteiger partial charge on any atom is -0.370 e. The highest BCUT2D eigenvalue weighted by atomic mass is 35.5. The highest BCUT2D eigenvalue weighted by molar-refractivity contribution is 6.33. The topological polar surface area (TPSA) is 73.4 Å². The molecule has 32 heavy (non-hydrogen) atoms. The third-order valence-corrected chi connectivity index (χ3v) is 6.44. The Balaban J connectivity index is 1.58. The maximum atomic E-state index is 13.4. The molecule has 1 N–H and O–H groups in total. The quantitative estimate of drug-likeness (QED) is 0.512. The molecule has 1 fully saturated rings. The number of pyridine rings is 1. The van der Waals surface area contributed by atoms with Gasteiger partial charge in [0.2, 0.25) is 0 Å². The Morgan fingerprint density at radius 2 is 1.94 bits per heavy atom. The van der Waals surface area contributed by atoms with Crippen molar-refractivity contribution in [3.05, 3.63) is 74.2 Å². The van der Waals surface area contributed by atoms with Crippen LogP contribution in [0.1, 0.15) is 30.4 Å². The normalized spacial score (nSPS) is 14.8. The van der Waals surface area contributed by atoms with Gasteiger partial charge in [-0.3, -0.25) is 9.20 Å². The highest BCUT2D eigenvalue weighted by Gasteiger charge is 2.16. The van der Waals surface area contributed by atoms with E-state index in [1.807, 2.05) is 42.5 Å². The highest BCUT2D eigenvalue weighted by Crippen LogP contribution is 2.30. The molecule has 2 aromatic carbocycles. The maximum absolute atomic E-state index is 13.4. The van der Waals surface area contributed by atoms with Gasteiger partial charge in [0.05, 0.1) is 32.5 Å². The number of anilines is 2. The van der Waals surface area contributed by atoms with E-state index in [1.54, 1.807) is 13.1 Å². The summed E-state index contributed by atoms with van der Waals surface area (Å²) in [6.07, 6.45) is 5.28. The van der Waals surface area contributed by atoms with Gasteiger partial charge in [0.1, 0.15) is 6.07 Å². The van der Waals surface area contributed by atoms with Crippen LogP contribution in [0, 0.1) is 18.3 Å². The fraction of sp³-hybridized carbons (Fsp3) is 0.240. The third kappa shape index (κ3) is 3.35. The van der Waals surface area contributed by atoms with Crippen LogP contribution in [-0.4, -0.2) is 22.5 Å². The molecule has 0 atom stereocenters. The number of benzene rings is 2. The summed E-state index contributed by atoms with van der Waals surface area (Å²) in [6.45, 7) is 3.82. The predicted molar refractivity (Wildman–Crippen MR) is 129 cm³/mol. The van der Waals surface area contributed by atoms with Crippen LogP contribution in [0.3, 0.4) is 0 Å². The first-order valence-corrected chi connectivity index (χ1v) is 11.1. The summed E-state index contributed by atoms with van der Waals surface area (Å²) in [6, 6.07) is 15.5. The summed E-state index contributed by atoms with van der Waals surface area (Å²) in [5.74, 6) is 0. The monoisotopic (exact) mass is 443 g/mol. The number of hydrogen-bond donors (Lipinski definition) is 1. The fourth-order valence-electron chi connectivity index (χ4n) is 4.43. The van der Waals surface area contributed by atoms with E-state index in [0.717, 1.165) is 24.5 Å². The van der Waals surface area contributed by atoms with Gasteiger partial charge in [-0.1, -0.05) is 23.7 Å². The molecule has 0 amide bonds. The molecule has 0 aliphatic carbocycles. The molecule has 1 aliphatic heterocycles. The number of nitrogens with one attached hydrogen (secondary N) is 1. The van der Waals surface area contributed by atoms with Crippen LogP contribution < -0.4 is 21.0 Å². The van der Waals surface area contributed by atoms with Gasteiger partial charge >= 0.3 is 0 Å². The number of fused-ring (bicyclic) bond motifs is 3. The van der Waals surface area contributed by atoms with Crippen LogP contribution in [0.5, 0.6) is 0 Å². The second-order valence-electron chi connectivity index (χ2n) is 8.09. The van der Waals surface area contributed by atoms with E-state index < -0.39 is 0 Å². The van der Waals surface area contributed by atoms with E-state index in [-0.39, 0.29) is 5.56 Å². The Bertz CT molecular complexity index is 1500. The van der Waals surface area contributed by atoms with Crippen molar-refractivity contribution in [1.82, 2.24) is 9.38 Å². The van der Waals surface area contributed by atoms with Crippen LogP contribution >= 0.6 is 11.6 Å². The van der Waals surface area contributed by atoms with Gasteiger partial charge in [0.25, 0.3) is 5.56 Å². The summed E-state index contributed by atoms with van der Waals surface area (Å²) in [5.41, 5.74) is 4.37. The minimum absolute atomic E-state index is 0.214. The zero-order valence-corrected chi connectivity index (χ0v) is 18.5. The molecule has 0 unspecified atom stereocenters. The average Bonchev–Trinajstić information content (AvgIpc) is 3.19. The number of rotatable bonds is 3. The predicted octanol–water partition coefficient (Wildman–Crippen LogP) is 4.24. The zero-order valence-electron chi connectivity index (χ0n) is 17.7. The van der Waals surface area contributed by atoms with Gasteiger partial charge in [-0.05, 0) is 62.1 Å². The summed E-state index contributed by atoms with van der Waals surface area (Å²) < 4.78 is 1.51. The van der Waals surface area contributed by atoms with Crippen LogP contribution in [0.25, 0.3) is 22.9 Å². The molecule has 1 aliphatic rings. The van der Waals surface area contributed by atoms with Gasteiger partial charge in [0, 0.05) is 25.0 Å². The molecule has 1 saturated heterocycles. The molecule has 5 rings (SSSR count). The first kappa shape index (κ1) is 20.3. The van der Waals surface area contributed by atoms with Crippen molar-refractivity contribution in [2.45, 2.75) is 26.2 Å². The Morgan fingerprint density at radius 3 is 2.69 bits per heavy atom. The maximum Gasteiger partial charge on any atom is 0.265 e. The van der Waals surface area contributed by atoms with Gasteiger partial charge in [-0.2, -0.15) is 5.26 Å². The lowest BCUT2D eigenvalue weighted by molar-refractivity contribution is 0.578. The summed E-state index contributed by atoms with van der Waals surface area (Å²) in [7, 11) is 0. The van der Waals surface area contributed by atoms with E-state index in [1.165, 1.54) is 23.7 Å². The van der Waals surface area contributed by atoms with Crippen molar-refractivity contribution in [1.29, 1.82) is 5.26 Å². The molecule has 7 heteroatoms. The largest absolute Gasteiger partial charge is 0.370 e. The Morgan fingerprint density at radius 1 is 1.16 bits per heavy atom. The number of para-hydroxylation sites is 2. The molecule has 0 radical (unpaired) electrons. The van der Waals surface area contributed by atoms with Crippen LogP contribution in [0.2, 0.25) is 5.02 Å². The lowest BCUT2D eigenvalue weighted by Gasteiger charge is -2.29. The van der Waals surface area contributed by atoms with E-state index in [9.17, 15) is 10.1 Å². The molecular weight excluding hydrogens is 422 g/mol. The SMILES string of the molecule is Cc1c(C#N)c2nc3ccccc3n2c(=O)c1=CNc1ccc(N2CCCCC2)c(Cl)c1. The smallest absolute Gasteiger partial charge is 0.265 e. The average molecular weight is 444 g/mol. The van der Waals surface area contributed by atoms with Crippen LogP contribution in [-0.2, 0) is 0 Å². The Hall–Kier alpha value is -3.56. The third-order valence-electron chi connectivity index (χ3n) is 6.14.